The topological polar surface area (TPSA) is 85.1 Å². The van der Waals surface area contributed by atoms with Gasteiger partial charge in [0.05, 0.1) is 6.54 Å². The second kappa shape index (κ2) is 9.23. The van der Waals surface area contributed by atoms with E-state index in [-0.39, 0.29) is 31.5 Å². The van der Waals surface area contributed by atoms with E-state index in [4.69, 9.17) is 15.2 Å². The van der Waals surface area contributed by atoms with E-state index in [2.05, 4.69) is 0 Å². The van der Waals surface area contributed by atoms with Crippen LogP contribution in [0.15, 0.2) is 54.6 Å². The van der Waals surface area contributed by atoms with Crippen LogP contribution in [-0.4, -0.2) is 56.1 Å². The third-order valence-electron chi connectivity index (χ3n) is 4.44. The van der Waals surface area contributed by atoms with Gasteiger partial charge in [-0.1, -0.05) is 30.3 Å². The van der Waals surface area contributed by atoms with Gasteiger partial charge < -0.3 is 20.1 Å². The summed E-state index contributed by atoms with van der Waals surface area (Å²) < 4.78 is 11.7. The van der Waals surface area contributed by atoms with Crippen molar-refractivity contribution in [3.8, 4) is 11.5 Å². The SMILES string of the molecule is CN(CC(=O)N(CCC(N)=O)c1ccccc1)CC1COc2ccccc2O1. The zero-order valence-electron chi connectivity index (χ0n) is 15.9. The first-order chi connectivity index (χ1) is 13.5. The lowest BCUT2D eigenvalue weighted by Gasteiger charge is -2.30. The maximum Gasteiger partial charge on any atom is 0.241 e. The fraction of sp³-hybridized carbons (Fsp3) is 0.333. The third kappa shape index (κ3) is 5.23. The molecule has 0 saturated heterocycles. The summed E-state index contributed by atoms with van der Waals surface area (Å²) in [5, 5.41) is 0. The Morgan fingerprint density at radius 1 is 1.07 bits per heavy atom. The van der Waals surface area contributed by atoms with Gasteiger partial charge in [-0.15, -0.1) is 0 Å². The van der Waals surface area contributed by atoms with Crippen LogP contribution in [0.1, 0.15) is 6.42 Å². The van der Waals surface area contributed by atoms with E-state index in [9.17, 15) is 9.59 Å². The van der Waals surface area contributed by atoms with Crippen LogP contribution in [0.25, 0.3) is 0 Å². The van der Waals surface area contributed by atoms with Crippen molar-refractivity contribution in [1.82, 2.24) is 4.90 Å². The number of ether oxygens (including phenoxy) is 2. The number of rotatable bonds is 8. The predicted molar refractivity (Wildman–Crippen MR) is 106 cm³/mol. The van der Waals surface area contributed by atoms with Crippen molar-refractivity contribution in [1.29, 1.82) is 0 Å². The Bertz CT molecular complexity index is 812. The molecule has 1 unspecified atom stereocenters. The average Bonchev–Trinajstić information content (AvgIpc) is 2.68. The Labute approximate surface area is 164 Å². The second-order valence-electron chi connectivity index (χ2n) is 6.79. The highest BCUT2D eigenvalue weighted by Crippen LogP contribution is 2.30. The molecule has 7 nitrogen and oxygen atoms in total. The van der Waals surface area contributed by atoms with Gasteiger partial charge in [-0.3, -0.25) is 14.5 Å². The summed E-state index contributed by atoms with van der Waals surface area (Å²) in [7, 11) is 1.86. The van der Waals surface area contributed by atoms with Gasteiger partial charge in [0.15, 0.2) is 11.5 Å². The van der Waals surface area contributed by atoms with Crippen LogP contribution in [0.5, 0.6) is 11.5 Å². The molecule has 0 bridgehead atoms. The summed E-state index contributed by atoms with van der Waals surface area (Å²) in [6.45, 7) is 1.41. The Kier molecular flexibility index (Phi) is 6.49. The normalized spacial score (nSPS) is 15.3. The molecule has 0 aliphatic carbocycles. The van der Waals surface area contributed by atoms with Crippen molar-refractivity contribution >= 4 is 17.5 Å². The number of likely N-dealkylation sites (N-methyl/N-ethyl adjacent to an activating group) is 1. The van der Waals surface area contributed by atoms with Gasteiger partial charge in [0, 0.05) is 25.2 Å². The van der Waals surface area contributed by atoms with E-state index < -0.39 is 5.91 Å². The van der Waals surface area contributed by atoms with Gasteiger partial charge in [-0.25, -0.2) is 0 Å². The van der Waals surface area contributed by atoms with Gasteiger partial charge in [-0.05, 0) is 31.3 Å². The first-order valence-electron chi connectivity index (χ1n) is 9.23. The lowest BCUT2D eigenvalue weighted by molar-refractivity contribution is -0.120. The molecule has 1 atom stereocenters. The number of fused-ring (bicyclic) bond motifs is 1. The van der Waals surface area contributed by atoms with Crippen LogP contribution in [0.3, 0.4) is 0 Å². The van der Waals surface area contributed by atoms with Crippen molar-refractivity contribution in [3.63, 3.8) is 0 Å². The number of carbonyl (C=O) groups is 2. The first-order valence-corrected chi connectivity index (χ1v) is 9.23. The van der Waals surface area contributed by atoms with E-state index >= 15 is 0 Å². The van der Waals surface area contributed by atoms with Crippen molar-refractivity contribution in [2.45, 2.75) is 12.5 Å². The molecule has 28 heavy (non-hydrogen) atoms. The monoisotopic (exact) mass is 383 g/mol. The van der Waals surface area contributed by atoms with Crippen molar-refractivity contribution in [2.24, 2.45) is 5.73 Å². The van der Waals surface area contributed by atoms with Crippen LogP contribution in [0.4, 0.5) is 5.69 Å². The number of benzene rings is 2. The maximum atomic E-state index is 12.9. The number of anilines is 1. The number of nitrogens with zero attached hydrogens (tertiary/aromatic N) is 2. The molecule has 0 radical (unpaired) electrons. The predicted octanol–water partition coefficient (Wildman–Crippen LogP) is 1.67. The van der Waals surface area contributed by atoms with Crippen molar-refractivity contribution in [2.75, 3.05) is 38.2 Å². The highest BCUT2D eigenvalue weighted by atomic mass is 16.6. The minimum Gasteiger partial charge on any atom is -0.486 e. The van der Waals surface area contributed by atoms with Crippen LogP contribution >= 0.6 is 0 Å². The molecule has 1 aliphatic heterocycles. The van der Waals surface area contributed by atoms with Crippen LogP contribution < -0.4 is 20.1 Å². The highest BCUT2D eigenvalue weighted by Gasteiger charge is 2.24. The van der Waals surface area contributed by atoms with Gasteiger partial charge in [0.25, 0.3) is 0 Å². The van der Waals surface area contributed by atoms with E-state index in [0.29, 0.717) is 18.9 Å². The van der Waals surface area contributed by atoms with Crippen molar-refractivity contribution < 1.29 is 19.1 Å². The quantitative estimate of drug-likeness (QED) is 0.749. The summed E-state index contributed by atoms with van der Waals surface area (Å²) in [6, 6.07) is 16.8. The molecule has 1 heterocycles. The lowest BCUT2D eigenvalue weighted by Crippen LogP contribution is -2.45. The lowest BCUT2D eigenvalue weighted by atomic mass is 10.2. The first kappa shape index (κ1) is 19.7. The number of carbonyl (C=O) groups excluding carboxylic acids is 2. The van der Waals surface area contributed by atoms with Gasteiger partial charge in [-0.2, -0.15) is 0 Å². The molecule has 2 aromatic carbocycles. The summed E-state index contributed by atoms with van der Waals surface area (Å²) in [6.07, 6.45) is -0.0516. The molecule has 2 amide bonds. The number of nitrogens with two attached hydrogens (primary N) is 1. The van der Waals surface area contributed by atoms with E-state index in [1.807, 2.05) is 66.5 Å². The number of amides is 2. The third-order valence-corrected chi connectivity index (χ3v) is 4.44. The molecule has 7 heteroatoms. The minimum absolute atomic E-state index is 0.105. The molecule has 148 valence electrons. The fourth-order valence-electron chi connectivity index (χ4n) is 3.11. The smallest absolute Gasteiger partial charge is 0.241 e. The minimum atomic E-state index is -0.437. The molecule has 0 fully saturated rings. The largest absolute Gasteiger partial charge is 0.486 e. The zero-order chi connectivity index (χ0) is 19.9. The summed E-state index contributed by atoms with van der Waals surface area (Å²) in [5.41, 5.74) is 6.01. The average molecular weight is 383 g/mol. The second-order valence-corrected chi connectivity index (χ2v) is 6.79. The molecule has 3 rings (SSSR count). The molecule has 0 aromatic heterocycles. The highest BCUT2D eigenvalue weighted by molar-refractivity contribution is 5.95. The molecule has 2 aromatic rings. The summed E-state index contributed by atoms with van der Waals surface area (Å²) in [4.78, 5) is 27.5. The van der Waals surface area contributed by atoms with Gasteiger partial charge >= 0.3 is 0 Å². The summed E-state index contributed by atoms with van der Waals surface area (Å²) in [5.74, 6) is 0.908. The molecular formula is C21H25N3O4. The Hall–Kier alpha value is -3.06. The van der Waals surface area contributed by atoms with Gasteiger partial charge in [0.2, 0.25) is 11.8 Å². The number of hydrogen-bond acceptors (Lipinski definition) is 5. The van der Waals surface area contributed by atoms with E-state index in [0.717, 1.165) is 11.4 Å². The zero-order valence-corrected chi connectivity index (χ0v) is 15.9. The van der Waals surface area contributed by atoms with Crippen LogP contribution in [0.2, 0.25) is 0 Å². The molecule has 2 N–H and O–H groups in total. The molecular weight excluding hydrogens is 358 g/mol. The number of primary amides is 1. The Morgan fingerprint density at radius 2 is 1.75 bits per heavy atom. The molecule has 0 spiro atoms. The van der Waals surface area contributed by atoms with Crippen LogP contribution in [0, 0.1) is 0 Å². The summed E-state index contributed by atoms with van der Waals surface area (Å²) >= 11 is 0. The Balaban J connectivity index is 1.59. The Morgan fingerprint density at radius 3 is 2.46 bits per heavy atom. The van der Waals surface area contributed by atoms with E-state index in [1.54, 1.807) is 4.90 Å². The van der Waals surface area contributed by atoms with Gasteiger partial charge in [0.1, 0.15) is 12.7 Å². The van der Waals surface area contributed by atoms with Crippen LogP contribution in [-0.2, 0) is 9.59 Å². The number of para-hydroxylation sites is 3. The molecule has 1 aliphatic rings. The van der Waals surface area contributed by atoms with Crippen molar-refractivity contribution in [3.05, 3.63) is 54.6 Å². The standard InChI is InChI=1S/C21H25N3O4/c1-23(13-17-15-27-18-9-5-6-10-19(18)28-17)14-21(26)24(12-11-20(22)25)16-7-3-2-4-8-16/h2-10,17H,11-15H2,1H3,(H2,22,25). The fourth-order valence-corrected chi connectivity index (χ4v) is 3.11. The molecule has 0 saturated carbocycles. The maximum absolute atomic E-state index is 12.9. The van der Waals surface area contributed by atoms with E-state index in [1.165, 1.54) is 0 Å². The number of hydrogen-bond donors (Lipinski definition) is 1.